The van der Waals surface area contributed by atoms with Crippen molar-refractivity contribution < 1.29 is 0 Å². The van der Waals surface area contributed by atoms with Crippen molar-refractivity contribution in [3.63, 3.8) is 0 Å². The molecule has 102 valence electrons. The van der Waals surface area contributed by atoms with Gasteiger partial charge >= 0.3 is 0 Å². The van der Waals surface area contributed by atoms with E-state index in [1.165, 1.54) is 16.7 Å². The van der Waals surface area contributed by atoms with Crippen molar-refractivity contribution >= 4 is 0 Å². The molecule has 0 aliphatic heterocycles. The topological polar surface area (TPSA) is 56.7 Å². The van der Waals surface area contributed by atoms with Crippen LogP contribution in [-0.4, -0.2) is 14.8 Å². The predicted molar refractivity (Wildman–Crippen MR) is 77.0 cm³/mol. The first-order chi connectivity index (χ1) is 8.99. The van der Waals surface area contributed by atoms with Gasteiger partial charge in [0.15, 0.2) is 0 Å². The quantitative estimate of drug-likeness (QED) is 0.917. The summed E-state index contributed by atoms with van der Waals surface area (Å²) >= 11 is 0. The second-order valence-corrected chi connectivity index (χ2v) is 5.39. The Hall–Kier alpha value is -1.68. The molecule has 2 rings (SSSR count). The summed E-state index contributed by atoms with van der Waals surface area (Å²) in [5, 5.41) is 4.25. The number of hydrogen-bond donors (Lipinski definition) is 1. The Kier molecular flexibility index (Phi) is 4.00. The van der Waals surface area contributed by atoms with Crippen molar-refractivity contribution in [1.29, 1.82) is 0 Å². The average Bonchev–Trinajstić information content (AvgIpc) is 2.80. The minimum Gasteiger partial charge on any atom is -0.324 e. The minimum atomic E-state index is -0.0402. The molecule has 2 N–H and O–H groups in total. The van der Waals surface area contributed by atoms with Crippen molar-refractivity contribution in [3.05, 3.63) is 47.0 Å². The molecule has 0 fully saturated rings. The van der Waals surface area contributed by atoms with Gasteiger partial charge in [0, 0.05) is 18.5 Å². The fourth-order valence-corrected chi connectivity index (χ4v) is 2.32. The zero-order chi connectivity index (χ0) is 14.0. The number of rotatable bonds is 4. The van der Waals surface area contributed by atoms with Gasteiger partial charge in [-0.2, -0.15) is 5.10 Å². The normalized spacial score (nSPS) is 12.9. The number of aromatic nitrogens is 3. The van der Waals surface area contributed by atoms with E-state index in [1.807, 2.05) is 4.68 Å². The Morgan fingerprint density at radius 3 is 2.68 bits per heavy atom. The molecule has 4 nitrogen and oxygen atoms in total. The molecule has 0 amide bonds. The lowest BCUT2D eigenvalue weighted by Gasteiger charge is -2.16. The van der Waals surface area contributed by atoms with Gasteiger partial charge in [0.1, 0.15) is 12.2 Å². The molecule has 0 saturated carbocycles. The summed E-state index contributed by atoms with van der Waals surface area (Å²) in [7, 11) is 0. The van der Waals surface area contributed by atoms with E-state index >= 15 is 0 Å². The lowest BCUT2D eigenvalue weighted by atomic mass is 9.97. The fraction of sp³-hybridized carbons (Fsp3) is 0.467. The van der Waals surface area contributed by atoms with Crippen LogP contribution in [0.2, 0.25) is 0 Å². The molecule has 1 atom stereocenters. The summed E-state index contributed by atoms with van der Waals surface area (Å²) in [5.74, 6) is 0.948. The number of benzene rings is 1. The highest BCUT2D eigenvalue weighted by Crippen LogP contribution is 2.21. The van der Waals surface area contributed by atoms with E-state index in [0.29, 0.717) is 12.5 Å². The van der Waals surface area contributed by atoms with Crippen molar-refractivity contribution in [3.8, 4) is 0 Å². The Balaban J connectivity index is 2.23. The number of hydrogen-bond acceptors (Lipinski definition) is 3. The monoisotopic (exact) mass is 258 g/mol. The molecular weight excluding hydrogens is 236 g/mol. The Morgan fingerprint density at radius 2 is 2.00 bits per heavy atom. The standard InChI is InChI=1S/C15H22N4/c1-10(2)19-15(17-9-18-19)8-14(16)13-7-11(3)5-6-12(13)4/h5-7,9-10,14H,8,16H2,1-4H3. The molecule has 4 heteroatoms. The number of aryl methyl sites for hydroxylation is 2. The first-order valence-electron chi connectivity index (χ1n) is 6.70. The predicted octanol–water partition coefficient (Wildman–Crippen LogP) is 2.72. The zero-order valence-electron chi connectivity index (χ0n) is 12.1. The van der Waals surface area contributed by atoms with E-state index in [2.05, 4.69) is 56.0 Å². The third kappa shape index (κ3) is 3.01. The summed E-state index contributed by atoms with van der Waals surface area (Å²) in [5.41, 5.74) is 10.0. The maximum atomic E-state index is 6.34. The molecule has 0 spiro atoms. The van der Waals surface area contributed by atoms with E-state index in [0.717, 1.165) is 5.82 Å². The first kappa shape index (κ1) is 13.7. The van der Waals surface area contributed by atoms with Gasteiger partial charge in [0.25, 0.3) is 0 Å². The van der Waals surface area contributed by atoms with Crippen molar-refractivity contribution in [1.82, 2.24) is 14.8 Å². The van der Waals surface area contributed by atoms with Crippen LogP contribution < -0.4 is 5.73 Å². The van der Waals surface area contributed by atoms with Gasteiger partial charge in [-0.05, 0) is 38.8 Å². The van der Waals surface area contributed by atoms with Gasteiger partial charge in [0.2, 0.25) is 0 Å². The highest BCUT2D eigenvalue weighted by atomic mass is 15.3. The fourth-order valence-electron chi connectivity index (χ4n) is 2.32. The van der Waals surface area contributed by atoms with Crippen LogP contribution in [-0.2, 0) is 6.42 Å². The van der Waals surface area contributed by atoms with Gasteiger partial charge in [0.05, 0.1) is 0 Å². The van der Waals surface area contributed by atoms with Gasteiger partial charge < -0.3 is 5.73 Å². The van der Waals surface area contributed by atoms with Gasteiger partial charge in [-0.3, -0.25) is 0 Å². The minimum absolute atomic E-state index is 0.0402. The molecule has 2 aromatic rings. The summed E-state index contributed by atoms with van der Waals surface area (Å²) in [6.07, 6.45) is 2.31. The van der Waals surface area contributed by atoms with Gasteiger partial charge in [-0.25, -0.2) is 9.67 Å². The summed E-state index contributed by atoms with van der Waals surface area (Å²) in [6.45, 7) is 8.39. The van der Waals surface area contributed by atoms with Gasteiger partial charge in [-0.15, -0.1) is 0 Å². The molecule has 0 radical (unpaired) electrons. The second kappa shape index (κ2) is 5.53. The summed E-state index contributed by atoms with van der Waals surface area (Å²) in [6, 6.07) is 6.67. The van der Waals surface area contributed by atoms with Crippen LogP contribution in [0.4, 0.5) is 0 Å². The molecule has 1 heterocycles. The maximum absolute atomic E-state index is 6.34. The van der Waals surface area contributed by atoms with Crippen LogP contribution in [0.1, 0.15) is 48.4 Å². The lowest BCUT2D eigenvalue weighted by Crippen LogP contribution is -2.19. The van der Waals surface area contributed by atoms with E-state index in [4.69, 9.17) is 5.73 Å². The lowest BCUT2D eigenvalue weighted by molar-refractivity contribution is 0.493. The largest absolute Gasteiger partial charge is 0.324 e. The van der Waals surface area contributed by atoms with Crippen LogP contribution in [0.5, 0.6) is 0 Å². The van der Waals surface area contributed by atoms with E-state index < -0.39 is 0 Å². The van der Waals surface area contributed by atoms with Crippen LogP contribution in [0.15, 0.2) is 24.5 Å². The summed E-state index contributed by atoms with van der Waals surface area (Å²) < 4.78 is 1.94. The maximum Gasteiger partial charge on any atom is 0.138 e. The highest BCUT2D eigenvalue weighted by Gasteiger charge is 2.15. The third-order valence-electron chi connectivity index (χ3n) is 3.37. The van der Waals surface area contributed by atoms with Crippen LogP contribution in [0, 0.1) is 13.8 Å². The van der Waals surface area contributed by atoms with Crippen molar-refractivity contribution in [2.45, 2.75) is 46.2 Å². The smallest absolute Gasteiger partial charge is 0.138 e. The third-order valence-corrected chi connectivity index (χ3v) is 3.37. The van der Waals surface area contributed by atoms with Crippen molar-refractivity contribution in [2.24, 2.45) is 5.73 Å². The van der Waals surface area contributed by atoms with E-state index in [-0.39, 0.29) is 6.04 Å². The first-order valence-corrected chi connectivity index (χ1v) is 6.70. The van der Waals surface area contributed by atoms with Crippen LogP contribution in [0.25, 0.3) is 0 Å². The van der Waals surface area contributed by atoms with Gasteiger partial charge in [-0.1, -0.05) is 23.8 Å². The molecule has 0 saturated heterocycles. The Morgan fingerprint density at radius 1 is 1.26 bits per heavy atom. The second-order valence-electron chi connectivity index (χ2n) is 5.39. The molecule has 1 aromatic carbocycles. The average molecular weight is 258 g/mol. The van der Waals surface area contributed by atoms with E-state index in [9.17, 15) is 0 Å². The summed E-state index contributed by atoms with van der Waals surface area (Å²) in [4.78, 5) is 4.33. The van der Waals surface area contributed by atoms with Crippen LogP contribution >= 0.6 is 0 Å². The Bertz CT molecular complexity index is 557. The SMILES string of the molecule is Cc1ccc(C)c(C(N)Cc2ncnn2C(C)C)c1. The molecule has 1 aromatic heterocycles. The molecule has 0 bridgehead atoms. The Labute approximate surface area is 114 Å². The van der Waals surface area contributed by atoms with Crippen LogP contribution in [0.3, 0.4) is 0 Å². The molecule has 0 aliphatic rings. The number of nitrogens with zero attached hydrogens (tertiary/aromatic N) is 3. The molecule has 19 heavy (non-hydrogen) atoms. The molecule has 0 aliphatic carbocycles. The molecule has 1 unspecified atom stereocenters. The van der Waals surface area contributed by atoms with Crippen molar-refractivity contribution in [2.75, 3.05) is 0 Å². The zero-order valence-corrected chi connectivity index (χ0v) is 12.1. The van der Waals surface area contributed by atoms with E-state index in [1.54, 1.807) is 6.33 Å². The highest BCUT2D eigenvalue weighted by molar-refractivity contribution is 5.33. The number of nitrogens with two attached hydrogens (primary N) is 1. The molecular formula is C15H22N4.